The van der Waals surface area contributed by atoms with Gasteiger partial charge in [-0.05, 0) is 26.0 Å². The van der Waals surface area contributed by atoms with Gasteiger partial charge in [0, 0.05) is 29.6 Å². The van der Waals surface area contributed by atoms with Crippen molar-refractivity contribution in [2.75, 3.05) is 6.54 Å². The predicted molar refractivity (Wildman–Crippen MR) is 77.8 cm³/mol. The smallest absolute Gasteiger partial charge is 0.134 e. The average molecular weight is 267 g/mol. The van der Waals surface area contributed by atoms with Crippen molar-refractivity contribution in [3.63, 3.8) is 0 Å². The fourth-order valence-electron chi connectivity index (χ4n) is 3.06. The van der Waals surface area contributed by atoms with E-state index in [4.69, 9.17) is 4.42 Å². The number of imidazole rings is 1. The maximum absolute atomic E-state index is 6.10. The lowest BCUT2D eigenvalue weighted by Gasteiger charge is -2.21. The molecule has 20 heavy (non-hydrogen) atoms. The number of nitrogens with zero attached hydrogens (tertiary/aromatic N) is 1. The summed E-state index contributed by atoms with van der Waals surface area (Å²) < 4.78 is 6.10. The number of furan rings is 1. The lowest BCUT2D eigenvalue weighted by molar-refractivity contribution is 0.446. The van der Waals surface area contributed by atoms with E-state index >= 15 is 0 Å². The van der Waals surface area contributed by atoms with Gasteiger partial charge in [-0.15, -0.1) is 0 Å². The first-order valence-electron chi connectivity index (χ1n) is 6.99. The van der Waals surface area contributed by atoms with Gasteiger partial charge in [0.25, 0.3) is 0 Å². The fraction of sp³-hybridized carbons (Fsp3) is 0.312. The first-order chi connectivity index (χ1) is 9.74. The highest BCUT2D eigenvalue weighted by molar-refractivity contribution is 5.83. The molecule has 0 saturated heterocycles. The van der Waals surface area contributed by atoms with Crippen LogP contribution in [0.4, 0.5) is 0 Å². The number of aromatic amines is 1. The zero-order chi connectivity index (χ0) is 13.7. The highest BCUT2D eigenvalue weighted by atomic mass is 16.3. The summed E-state index contributed by atoms with van der Waals surface area (Å²) >= 11 is 0. The molecule has 3 aromatic rings. The molecule has 3 heterocycles. The van der Waals surface area contributed by atoms with Crippen molar-refractivity contribution in [3.05, 3.63) is 52.8 Å². The lowest BCUT2D eigenvalue weighted by atomic mass is 10.00. The van der Waals surface area contributed by atoms with Gasteiger partial charge in [0.1, 0.15) is 17.4 Å². The van der Waals surface area contributed by atoms with Gasteiger partial charge < -0.3 is 14.7 Å². The Morgan fingerprint density at radius 2 is 2.20 bits per heavy atom. The fourth-order valence-corrected chi connectivity index (χ4v) is 3.06. The summed E-state index contributed by atoms with van der Waals surface area (Å²) in [6.07, 6.45) is 2.76. The van der Waals surface area contributed by atoms with Crippen molar-refractivity contribution < 1.29 is 4.42 Å². The number of hydrogen-bond acceptors (Lipinski definition) is 3. The highest BCUT2D eigenvalue weighted by Gasteiger charge is 2.28. The Morgan fingerprint density at radius 3 is 3.10 bits per heavy atom. The third-order valence-electron chi connectivity index (χ3n) is 4.14. The Bertz CT molecular complexity index is 784. The molecule has 0 aliphatic carbocycles. The molecule has 1 aliphatic heterocycles. The van der Waals surface area contributed by atoms with Crippen LogP contribution in [-0.2, 0) is 6.42 Å². The largest absolute Gasteiger partial charge is 0.459 e. The van der Waals surface area contributed by atoms with Crippen LogP contribution in [0, 0.1) is 13.8 Å². The van der Waals surface area contributed by atoms with Crippen molar-refractivity contribution in [2.45, 2.75) is 26.3 Å². The van der Waals surface area contributed by atoms with Gasteiger partial charge >= 0.3 is 0 Å². The molecular weight excluding hydrogens is 250 g/mol. The van der Waals surface area contributed by atoms with E-state index in [9.17, 15) is 0 Å². The molecule has 4 heteroatoms. The van der Waals surface area contributed by atoms with Crippen LogP contribution in [0.5, 0.6) is 0 Å². The average Bonchev–Trinajstić information content (AvgIpc) is 3.04. The molecule has 0 amide bonds. The van der Waals surface area contributed by atoms with Gasteiger partial charge in [-0.3, -0.25) is 0 Å². The standard InChI is InChI=1S/C16H17N3O/c1-9-3-4-13-11(7-9)10(2)16(20-13)15-14-12(5-6-17-15)18-8-19-14/h3-4,7-8,15,17H,5-6H2,1-2H3,(H,18,19)/t15-/m0/s1. The van der Waals surface area contributed by atoms with Crippen molar-refractivity contribution in [2.24, 2.45) is 0 Å². The Kier molecular flexibility index (Phi) is 2.47. The molecule has 1 atom stereocenters. The summed E-state index contributed by atoms with van der Waals surface area (Å²) in [5, 5.41) is 4.72. The van der Waals surface area contributed by atoms with Gasteiger partial charge in [0.2, 0.25) is 0 Å². The van der Waals surface area contributed by atoms with E-state index in [0.29, 0.717) is 0 Å². The molecule has 1 aliphatic rings. The second kappa shape index (κ2) is 4.21. The number of nitrogens with one attached hydrogen (secondary N) is 2. The molecule has 1 aromatic carbocycles. The molecule has 0 radical (unpaired) electrons. The molecular formula is C16H17N3O. The van der Waals surface area contributed by atoms with Crippen LogP contribution in [-0.4, -0.2) is 16.5 Å². The van der Waals surface area contributed by atoms with Crippen LogP contribution in [0.3, 0.4) is 0 Å². The van der Waals surface area contributed by atoms with Crippen LogP contribution in [0.25, 0.3) is 11.0 Å². The van der Waals surface area contributed by atoms with E-state index < -0.39 is 0 Å². The Labute approximate surface area is 117 Å². The second-order valence-electron chi connectivity index (χ2n) is 5.49. The first-order valence-corrected chi connectivity index (χ1v) is 6.99. The van der Waals surface area contributed by atoms with E-state index in [1.807, 2.05) is 0 Å². The number of fused-ring (bicyclic) bond motifs is 2. The molecule has 2 aromatic heterocycles. The second-order valence-corrected chi connectivity index (χ2v) is 5.49. The van der Waals surface area contributed by atoms with Crippen molar-refractivity contribution >= 4 is 11.0 Å². The Balaban J connectivity index is 1.90. The summed E-state index contributed by atoms with van der Waals surface area (Å²) in [5.74, 6) is 0.985. The number of H-pyrrole nitrogens is 1. The zero-order valence-corrected chi connectivity index (χ0v) is 11.7. The summed E-state index contributed by atoms with van der Waals surface area (Å²) in [5.41, 5.74) is 5.69. The summed E-state index contributed by atoms with van der Waals surface area (Å²) in [4.78, 5) is 7.69. The maximum atomic E-state index is 6.10. The van der Waals surface area contributed by atoms with Gasteiger partial charge in [-0.1, -0.05) is 11.6 Å². The SMILES string of the molecule is Cc1ccc2oc([C@H]3NCCc4[nH]cnc43)c(C)c2c1. The van der Waals surface area contributed by atoms with E-state index in [1.54, 1.807) is 6.33 Å². The molecule has 0 saturated carbocycles. The molecule has 102 valence electrons. The predicted octanol–water partition coefficient (Wildman–Crippen LogP) is 3.01. The number of aryl methyl sites for hydroxylation is 2. The number of rotatable bonds is 1. The summed E-state index contributed by atoms with van der Waals surface area (Å²) in [6.45, 7) is 5.18. The van der Waals surface area contributed by atoms with Crippen molar-refractivity contribution in [1.82, 2.24) is 15.3 Å². The molecule has 0 spiro atoms. The number of aromatic nitrogens is 2. The van der Waals surface area contributed by atoms with Gasteiger partial charge in [-0.2, -0.15) is 0 Å². The molecule has 2 N–H and O–H groups in total. The summed E-state index contributed by atoms with van der Waals surface area (Å²) in [7, 11) is 0. The molecule has 4 rings (SSSR count). The molecule has 4 nitrogen and oxygen atoms in total. The minimum atomic E-state index is 0.0534. The van der Waals surface area contributed by atoms with E-state index in [-0.39, 0.29) is 6.04 Å². The Hall–Kier alpha value is -2.07. The number of hydrogen-bond donors (Lipinski definition) is 2. The van der Waals surface area contributed by atoms with Crippen LogP contribution >= 0.6 is 0 Å². The van der Waals surface area contributed by atoms with Crippen LogP contribution in [0.2, 0.25) is 0 Å². The van der Waals surface area contributed by atoms with Crippen LogP contribution < -0.4 is 5.32 Å². The third kappa shape index (κ3) is 1.61. The van der Waals surface area contributed by atoms with E-state index in [0.717, 1.165) is 30.0 Å². The van der Waals surface area contributed by atoms with Crippen molar-refractivity contribution in [1.29, 1.82) is 0 Å². The summed E-state index contributed by atoms with van der Waals surface area (Å²) in [6, 6.07) is 6.38. The highest BCUT2D eigenvalue weighted by Crippen LogP contribution is 2.34. The quantitative estimate of drug-likeness (QED) is 0.712. The minimum Gasteiger partial charge on any atom is -0.459 e. The van der Waals surface area contributed by atoms with Crippen molar-refractivity contribution in [3.8, 4) is 0 Å². The number of benzene rings is 1. The minimum absolute atomic E-state index is 0.0534. The third-order valence-corrected chi connectivity index (χ3v) is 4.14. The first kappa shape index (κ1) is 11.7. The van der Waals surface area contributed by atoms with Crippen LogP contribution in [0.1, 0.15) is 34.3 Å². The zero-order valence-electron chi connectivity index (χ0n) is 11.7. The molecule has 0 fully saturated rings. The van der Waals surface area contributed by atoms with Gasteiger partial charge in [0.05, 0.1) is 12.0 Å². The lowest BCUT2D eigenvalue weighted by Crippen LogP contribution is -2.30. The van der Waals surface area contributed by atoms with Gasteiger partial charge in [0.15, 0.2) is 0 Å². The Morgan fingerprint density at radius 1 is 1.30 bits per heavy atom. The van der Waals surface area contributed by atoms with E-state index in [1.165, 1.54) is 22.2 Å². The topological polar surface area (TPSA) is 53.9 Å². The molecule has 0 unspecified atom stereocenters. The van der Waals surface area contributed by atoms with E-state index in [2.05, 4.69) is 47.3 Å². The van der Waals surface area contributed by atoms with Crippen LogP contribution in [0.15, 0.2) is 28.9 Å². The maximum Gasteiger partial charge on any atom is 0.134 e. The normalized spacial score (nSPS) is 18.4. The van der Waals surface area contributed by atoms with Gasteiger partial charge in [-0.25, -0.2) is 4.98 Å². The molecule has 0 bridgehead atoms. The monoisotopic (exact) mass is 267 g/mol.